The largest absolute Gasteiger partial charge is 0.353 e. The highest BCUT2D eigenvalue weighted by Crippen LogP contribution is 2.18. The van der Waals surface area contributed by atoms with Gasteiger partial charge in [0.15, 0.2) is 6.29 Å². The Hall–Kier alpha value is -1.21. The molecule has 1 fully saturated rings. The molecule has 0 aliphatic carbocycles. The summed E-state index contributed by atoms with van der Waals surface area (Å²) in [6, 6.07) is 6.51. The molecule has 1 saturated heterocycles. The van der Waals surface area contributed by atoms with Gasteiger partial charge in [0, 0.05) is 6.61 Å². The minimum Gasteiger partial charge on any atom is -0.353 e. The Morgan fingerprint density at radius 2 is 2.09 bits per heavy atom. The van der Waals surface area contributed by atoms with Crippen molar-refractivity contribution in [2.45, 2.75) is 43.5 Å². The van der Waals surface area contributed by atoms with Crippen LogP contribution in [0.15, 0.2) is 41.8 Å². The average Bonchev–Trinajstić information content (AvgIpc) is 2.53. The zero-order valence-corrected chi connectivity index (χ0v) is 13.6. The van der Waals surface area contributed by atoms with Crippen LogP contribution < -0.4 is 0 Å². The summed E-state index contributed by atoms with van der Waals surface area (Å²) in [5.41, 5.74) is 0.987. The normalized spacial score (nSPS) is 20.5. The second-order valence-electron chi connectivity index (χ2n) is 5.26. The summed E-state index contributed by atoms with van der Waals surface area (Å²) in [4.78, 5) is 0.134. The van der Waals surface area contributed by atoms with Crippen LogP contribution in [-0.4, -0.2) is 34.0 Å². The van der Waals surface area contributed by atoms with Crippen LogP contribution in [-0.2, 0) is 23.8 Å². The quantitative estimate of drug-likeness (QED) is 0.569. The summed E-state index contributed by atoms with van der Waals surface area (Å²) in [7, 11) is -3.79. The monoisotopic (exact) mass is 326 g/mol. The van der Waals surface area contributed by atoms with Crippen LogP contribution in [0.4, 0.5) is 0 Å². The summed E-state index contributed by atoms with van der Waals surface area (Å²) in [5.74, 6) is 0. The van der Waals surface area contributed by atoms with Crippen LogP contribution >= 0.6 is 0 Å². The maximum absolute atomic E-state index is 12.1. The van der Waals surface area contributed by atoms with E-state index in [1.54, 1.807) is 12.1 Å². The van der Waals surface area contributed by atoms with Gasteiger partial charge in [-0.2, -0.15) is 8.42 Å². The first-order valence-electron chi connectivity index (χ1n) is 7.37. The first-order chi connectivity index (χ1) is 10.5. The Bertz CT molecular complexity index is 573. The second kappa shape index (κ2) is 7.87. The highest BCUT2D eigenvalue weighted by atomic mass is 32.2. The SMILES string of the molecule is C=CC(COS(=O)(=O)c1ccc(C)cc1)O[C@@H]1CCCCO1. The van der Waals surface area contributed by atoms with Crippen LogP contribution in [0.2, 0.25) is 0 Å². The smallest absolute Gasteiger partial charge is 0.297 e. The van der Waals surface area contributed by atoms with E-state index in [4.69, 9.17) is 13.7 Å². The Balaban J connectivity index is 1.91. The number of benzene rings is 1. The van der Waals surface area contributed by atoms with E-state index in [1.165, 1.54) is 18.2 Å². The molecule has 122 valence electrons. The third kappa shape index (κ3) is 4.91. The molecule has 0 bridgehead atoms. The third-order valence-electron chi connectivity index (χ3n) is 3.42. The van der Waals surface area contributed by atoms with Gasteiger partial charge in [-0.3, -0.25) is 4.18 Å². The molecule has 1 aliphatic rings. The zero-order chi connectivity index (χ0) is 16.0. The maximum atomic E-state index is 12.1. The van der Waals surface area contributed by atoms with Crippen molar-refractivity contribution in [3.05, 3.63) is 42.5 Å². The van der Waals surface area contributed by atoms with Crippen molar-refractivity contribution in [1.82, 2.24) is 0 Å². The van der Waals surface area contributed by atoms with Gasteiger partial charge in [-0.25, -0.2) is 0 Å². The summed E-state index contributed by atoms with van der Waals surface area (Å²) in [5, 5.41) is 0. The standard InChI is InChI=1S/C16H22O5S/c1-3-14(21-16-6-4-5-11-19-16)12-20-22(17,18)15-9-7-13(2)8-10-15/h3,7-10,14,16H,1,4-6,11-12H2,2H3/t14?,16-/m1/s1. The second-order valence-corrected chi connectivity index (χ2v) is 6.87. The molecule has 6 heteroatoms. The summed E-state index contributed by atoms with van der Waals surface area (Å²) in [6.07, 6.45) is 3.55. The lowest BCUT2D eigenvalue weighted by atomic mass is 10.2. The Kier molecular flexibility index (Phi) is 6.14. The Labute approximate surface area is 132 Å². The molecule has 1 aromatic rings. The molecule has 0 N–H and O–H groups in total. The van der Waals surface area contributed by atoms with Crippen molar-refractivity contribution in [3.63, 3.8) is 0 Å². The van der Waals surface area contributed by atoms with E-state index < -0.39 is 16.2 Å². The molecule has 0 spiro atoms. The summed E-state index contributed by atoms with van der Waals surface area (Å²) < 4.78 is 40.4. The molecule has 0 radical (unpaired) electrons. The first kappa shape index (κ1) is 17.1. The predicted octanol–water partition coefficient (Wildman–Crippen LogP) is 2.80. The van der Waals surface area contributed by atoms with Gasteiger partial charge in [0.2, 0.25) is 0 Å². The Morgan fingerprint density at radius 3 is 2.68 bits per heavy atom. The highest BCUT2D eigenvalue weighted by molar-refractivity contribution is 7.86. The summed E-state index contributed by atoms with van der Waals surface area (Å²) in [6.45, 7) is 6.10. The number of aryl methyl sites for hydroxylation is 1. The van der Waals surface area contributed by atoms with Crippen molar-refractivity contribution in [1.29, 1.82) is 0 Å². The molecule has 22 heavy (non-hydrogen) atoms. The van der Waals surface area contributed by atoms with Gasteiger partial charge in [-0.15, -0.1) is 6.58 Å². The predicted molar refractivity (Wildman–Crippen MR) is 83.0 cm³/mol. The van der Waals surface area contributed by atoms with E-state index in [-0.39, 0.29) is 17.8 Å². The lowest BCUT2D eigenvalue weighted by Gasteiger charge is -2.26. The van der Waals surface area contributed by atoms with Crippen molar-refractivity contribution >= 4 is 10.1 Å². The number of hydrogen-bond acceptors (Lipinski definition) is 5. The van der Waals surface area contributed by atoms with Crippen LogP contribution in [0.1, 0.15) is 24.8 Å². The van der Waals surface area contributed by atoms with Crippen LogP contribution in [0.5, 0.6) is 0 Å². The van der Waals surface area contributed by atoms with Gasteiger partial charge in [0.1, 0.15) is 6.10 Å². The van der Waals surface area contributed by atoms with Crippen molar-refractivity contribution < 1.29 is 22.1 Å². The molecule has 1 aliphatic heterocycles. The molecule has 1 heterocycles. The minimum atomic E-state index is -3.79. The molecule has 2 rings (SSSR count). The summed E-state index contributed by atoms with van der Waals surface area (Å²) >= 11 is 0. The van der Waals surface area contributed by atoms with Gasteiger partial charge in [0.05, 0.1) is 11.5 Å². The molecule has 0 amide bonds. The zero-order valence-electron chi connectivity index (χ0n) is 12.7. The molecule has 1 unspecified atom stereocenters. The third-order valence-corrected chi connectivity index (χ3v) is 4.72. The lowest BCUT2D eigenvalue weighted by Crippen LogP contribution is -2.30. The van der Waals surface area contributed by atoms with E-state index >= 15 is 0 Å². The van der Waals surface area contributed by atoms with Gasteiger partial charge in [-0.05, 0) is 38.3 Å². The molecule has 5 nitrogen and oxygen atoms in total. The topological polar surface area (TPSA) is 61.8 Å². The average molecular weight is 326 g/mol. The maximum Gasteiger partial charge on any atom is 0.297 e. The number of hydrogen-bond donors (Lipinski definition) is 0. The number of ether oxygens (including phenoxy) is 2. The van der Waals surface area contributed by atoms with Gasteiger partial charge in [-0.1, -0.05) is 23.8 Å². The van der Waals surface area contributed by atoms with Crippen molar-refractivity contribution in [2.75, 3.05) is 13.2 Å². The fourth-order valence-electron chi connectivity index (χ4n) is 2.11. The Morgan fingerprint density at radius 1 is 1.36 bits per heavy atom. The van der Waals surface area contributed by atoms with Gasteiger partial charge in [0.25, 0.3) is 10.1 Å². The highest BCUT2D eigenvalue weighted by Gasteiger charge is 2.21. The van der Waals surface area contributed by atoms with Crippen LogP contribution in [0.3, 0.4) is 0 Å². The minimum absolute atomic E-state index is 0.112. The van der Waals surface area contributed by atoms with E-state index in [2.05, 4.69) is 6.58 Å². The van der Waals surface area contributed by atoms with E-state index in [1.807, 2.05) is 6.92 Å². The van der Waals surface area contributed by atoms with Gasteiger partial charge >= 0.3 is 0 Å². The first-order valence-corrected chi connectivity index (χ1v) is 8.78. The molecule has 0 saturated carbocycles. The van der Waals surface area contributed by atoms with Crippen molar-refractivity contribution in [3.8, 4) is 0 Å². The molecule has 2 atom stereocenters. The fourth-order valence-corrected chi connectivity index (χ4v) is 3.02. The van der Waals surface area contributed by atoms with E-state index in [0.717, 1.165) is 24.8 Å². The number of rotatable bonds is 7. The van der Waals surface area contributed by atoms with Gasteiger partial charge < -0.3 is 9.47 Å². The molecule has 1 aromatic carbocycles. The molecular formula is C16H22O5S. The van der Waals surface area contributed by atoms with E-state index in [9.17, 15) is 8.42 Å². The molecule has 0 aromatic heterocycles. The van der Waals surface area contributed by atoms with Crippen molar-refractivity contribution in [2.24, 2.45) is 0 Å². The van der Waals surface area contributed by atoms with Crippen LogP contribution in [0.25, 0.3) is 0 Å². The van der Waals surface area contributed by atoms with E-state index in [0.29, 0.717) is 6.61 Å². The molecular weight excluding hydrogens is 304 g/mol. The lowest BCUT2D eigenvalue weighted by molar-refractivity contribution is -0.182. The van der Waals surface area contributed by atoms with Crippen LogP contribution in [0, 0.1) is 6.92 Å². The fraction of sp³-hybridized carbons (Fsp3) is 0.500.